The van der Waals surface area contributed by atoms with Crippen LogP contribution in [0.1, 0.15) is 18.4 Å². The second-order valence-corrected chi connectivity index (χ2v) is 4.49. The Morgan fingerprint density at radius 1 is 1.28 bits per heavy atom. The molecule has 0 atom stereocenters. The van der Waals surface area contributed by atoms with Crippen LogP contribution in [0.15, 0.2) is 24.3 Å². The van der Waals surface area contributed by atoms with E-state index in [1.807, 2.05) is 19.0 Å². The quantitative estimate of drug-likeness (QED) is 0.715. The smallest absolute Gasteiger partial charge is 0.220 e. The Morgan fingerprint density at radius 3 is 2.50 bits per heavy atom. The molecule has 0 saturated heterocycles. The van der Waals surface area contributed by atoms with Crippen molar-refractivity contribution in [3.8, 4) is 0 Å². The van der Waals surface area contributed by atoms with E-state index in [1.54, 1.807) is 0 Å². The lowest BCUT2D eigenvalue weighted by Gasteiger charge is -2.12. The van der Waals surface area contributed by atoms with Gasteiger partial charge in [-0.3, -0.25) is 4.79 Å². The molecule has 0 bridgehead atoms. The van der Waals surface area contributed by atoms with E-state index in [0.717, 1.165) is 17.7 Å². The van der Waals surface area contributed by atoms with Gasteiger partial charge in [0.05, 0.1) is 0 Å². The van der Waals surface area contributed by atoms with Gasteiger partial charge in [-0.25, -0.2) is 0 Å². The predicted octanol–water partition coefficient (Wildman–Crippen LogP) is 1.18. The molecule has 0 saturated carbocycles. The van der Waals surface area contributed by atoms with Gasteiger partial charge in [0.1, 0.15) is 0 Å². The standard InChI is InChI=1S/C14H22N2O2/c1-16(2)13-7-4-12(5-8-13)6-9-14(18)15-10-3-11-17/h4-5,7-8,17H,3,6,9-11H2,1-2H3,(H,15,18). The summed E-state index contributed by atoms with van der Waals surface area (Å²) in [7, 11) is 4.01. The van der Waals surface area contributed by atoms with E-state index in [1.165, 1.54) is 0 Å². The predicted molar refractivity (Wildman–Crippen MR) is 73.8 cm³/mol. The normalized spacial score (nSPS) is 10.2. The molecular weight excluding hydrogens is 228 g/mol. The summed E-state index contributed by atoms with van der Waals surface area (Å²) in [5.74, 6) is 0.0418. The molecule has 0 heterocycles. The van der Waals surface area contributed by atoms with E-state index < -0.39 is 0 Å². The van der Waals surface area contributed by atoms with Crippen LogP contribution in [0.5, 0.6) is 0 Å². The molecule has 1 aromatic rings. The molecule has 1 amide bonds. The SMILES string of the molecule is CN(C)c1ccc(CCC(=O)NCCCO)cc1. The van der Waals surface area contributed by atoms with Crippen molar-refractivity contribution >= 4 is 11.6 Å². The first-order chi connectivity index (χ1) is 8.63. The molecule has 0 aliphatic rings. The van der Waals surface area contributed by atoms with Crippen LogP contribution in [0.4, 0.5) is 5.69 Å². The minimum atomic E-state index is 0.0418. The van der Waals surface area contributed by atoms with Crippen LogP contribution in [0.25, 0.3) is 0 Å². The molecular formula is C14H22N2O2. The van der Waals surface area contributed by atoms with Crippen LogP contribution < -0.4 is 10.2 Å². The molecule has 1 aromatic carbocycles. The van der Waals surface area contributed by atoms with Crippen LogP contribution in [0.2, 0.25) is 0 Å². The molecule has 0 aliphatic heterocycles. The Balaban J connectivity index is 2.32. The van der Waals surface area contributed by atoms with Gasteiger partial charge < -0.3 is 15.3 Å². The van der Waals surface area contributed by atoms with Gasteiger partial charge in [0.25, 0.3) is 0 Å². The van der Waals surface area contributed by atoms with Crippen LogP contribution in [0.3, 0.4) is 0 Å². The lowest BCUT2D eigenvalue weighted by Crippen LogP contribution is -2.25. The van der Waals surface area contributed by atoms with Gasteiger partial charge >= 0.3 is 0 Å². The van der Waals surface area contributed by atoms with Crippen molar-refractivity contribution in [2.24, 2.45) is 0 Å². The Hall–Kier alpha value is -1.55. The van der Waals surface area contributed by atoms with Crippen molar-refractivity contribution in [3.63, 3.8) is 0 Å². The average molecular weight is 250 g/mol. The molecule has 1 rings (SSSR count). The minimum absolute atomic E-state index is 0.0418. The summed E-state index contributed by atoms with van der Waals surface area (Å²) in [4.78, 5) is 13.5. The number of benzene rings is 1. The van der Waals surface area contributed by atoms with Gasteiger partial charge in [-0.05, 0) is 30.5 Å². The topological polar surface area (TPSA) is 52.6 Å². The third-order valence-corrected chi connectivity index (χ3v) is 2.75. The third kappa shape index (κ3) is 5.19. The maximum atomic E-state index is 11.5. The summed E-state index contributed by atoms with van der Waals surface area (Å²) in [6.45, 7) is 0.668. The number of carbonyl (C=O) groups is 1. The first-order valence-corrected chi connectivity index (χ1v) is 6.27. The van der Waals surface area contributed by atoms with Gasteiger partial charge in [0.15, 0.2) is 0 Å². The molecule has 18 heavy (non-hydrogen) atoms. The van der Waals surface area contributed by atoms with E-state index in [0.29, 0.717) is 19.4 Å². The Labute approximate surface area is 109 Å². The lowest BCUT2D eigenvalue weighted by molar-refractivity contribution is -0.121. The zero-order valence-electron chi connectivity index (χ0n) is 11.1. The number of aryl methyl sites for hydroxylation is 1. The van der Waals surface area contributed by atoms with Crippen molar-refractivity contribution in [2.45, 2.75) is 19.3 Å². The highest BCUT2D eigenvalue weighted by Gasteiger charge is 2.02. The highest BCUT2D eigenvalue weighted by atomic mass is 16.3. The van der Waals surface area contributed by atoms with Gasteiger partial charge in [-0.15, -0.1) is 0 Å². The summed E-state index contributed by atoms with van der Waals surface area (Å²) in [5, 5.41) is 11.4. The fourth-order valence-electron chi connectivity index (χ4n) is 1.61. The highest BCUT2D eigenvalue weighted by molar-refractivity contribution is 5.76. The first kappa shape index (κ1) is 14.5. The minimum Gasteiger partial charge on any atom is -0.396 e. The molecule has 0 aromatic heterocycles. The number of nitrogens with one attached hydrogen (secondary N) is 1. The van der Waals surface area contributed by atoms with Gasteiger partial charge in [-0.2, -0.15) is 0 Å². The summed E-state index contributed by atoms with van der Waals surface area (Å²) >= 11 is 0. The number of aliphatic hydroxyl groups excluding tert-OH is 1. The van der Waals surface area contributed by atoms with Gasteiger partial charge in [-0.1, -0.05) is 12.1 Å². The number of amides is 1. The van der Waals surface area contributed by atoms with Crippen LogP contribution in [0, 0.1) is 0 Å². The summed E-state index contributed by atoms with van der Waals surface area (Å²) in [6.07, 6.45) is 1.86. The fraction of sp³-hybridized carbons (Fsp3) is 0.500. The van der Waals surface area contributed by atoms with E-state index in [2.05, 4.69) is 29.6 Å². The Kier molecular flexibility index (Phi) is 6.22. The number of rotatable bonds is 7. The summed E-state index contributed by atoms with van der Waals surface area (Å²) in [6, 6.07) is 8.21. The number of hydrogen-bond acceptors (Lipinski definition) is 3. The first-order valence-electron chi connectivity index (χ1n) is 6.27. The van der Waals surface area contributed by atoms with Gasteiger partial charge in [0.2, 0.25) is 5.91 Å². The molecule has 100 valence electrons. The van der Waals surface area contributed by atoms with E-state index in [-0.39, 0.29) is 12.5 Å². The average Bonchev–Trinajstić information content (AvgIpc) is 2.37. The molecule has 0 spiro atoms. The summed E-state index contributed by atoms with van der Waals surface area (Å²) in [5.41, 5.74) is 2.32. The zero-order valence-corrected chi connectivity index (χ0v) is 11.1. The summed E-state index contributed by atoms with van der Waals surface area (Å²) < 4.78 is 0. The van der Waals surface area contributed by atoms with E-state index >= 15 is 0 Å². The van der Waals surface area contributed by atoms with Crippen molar-refractivity contribution in [2.75, 3.05) is 32.1 Å². The number of anilines is 1. The zero-order chi connectivity index (χ0) is 13.4. The highest BCUT2D eigenvalue weighted by Crippen LogP contribution is 2.13. The fourth-order valence-corrected chi connectivity index (χ4v) is 1.61. The number of nitrogens with zero attached hydrogens (tertiary/aromatic N) is 1. The van der Waals surface area contributed by atoms with Gasteiger partial charge in [0, 0.05) is 39.4 Å². The van der Waals surface area contributed by atoms with Crippen molar-refractivity contribution in [3.05, 3.63) is 29.8 Å². The molecule has 0 fully saturated rings. The van der Waals surface area contributed by atoms with Crippen LogP contribution in [-0.4, -0.2) is 38.3 Å². The molecule has 0 radical (unpaired) electrons. The molecule has 2 N–H and O–H groups in total. The van der Waals surface area contributed by atoms with Crippen LogP contribution in [-0.2, 0) is 11.2 Å². The van der Waals surface area contributed by atoms with Crippen molar-refractivity contribution < 1.29 is 9.90 Å². The van der Waals surface area contributed by atoms with Crippen molar-refractivity contribution in [1.29, 1.82) is 0 Å². The molecule has 4 heteroatoms. The lowest BCUT2D eigenvalue weighted by atomic mass is 10.1. The largest absolute Gasteiger partial charge is 0.396 e. The molecule has 0 unspecified atom stereocenters. The number of hydrogen-bond donors (Lipinski definition) is 2. The Bertz CT molecular complexity index is 361. The number of aliphatic hydroxyl groups is 1. The van der Waals surface area contributed by atoms with Crippen LogP contribution >= 0.6 is 0 Å². The number of carbonyl (C=O) groups excluding carboxylic acids is 1. The Morgan fingerprint density at radius 2 is 1.94 bits per heavy atom. The monoisotopic (exact) mass is 250 g/mol. The third-order valence-electron chi connectivity index (χ3n) is 2.75. The molecule has 4 nitrogen and oxygen atoms in total. The second kappa shape index (κ2) is 7.71. The molecule has 0 aliphatic carbocycles. The van der Waals surface area contributed by atoms with E-state index in [4.69, 9.17) is 5.11 Å². The van der Waals surface area contributed by atoms with E-state index in [9.17, 15) is 4.79 Å². The second-order valence-electron chi connectivity index (χ2n) is 4.49. The van der Waals surface area contributed by atoms with Crippen molar-refractivity contribution in [1.82, 2.24) is 5.32 Å². The maximum absolute atomic E-state index is 11.5. The maximum Gasteiger partial charge on any atom is 0.220 e.